The Labute approximate surface area is 123 Å². The molecular formula is C18H28FN. The first-order valence-corrected chi connectivity index (χ1v) is 7.68. The molecule has 1 nitrogen and oxygen atoms in total. The molecule has 112 valence electrons. The Morgan fingerprint density at radius 2 is 1.75 bits per heavy atom. The third-order valence-electron chi connectivity index (χ3n) is 4.39. The Morgan fingerprint density at radius 3 is 2.30 bits per heavy atom. The van der Waals surface area contributed by atoms with Crippen molar-refractivity contribution < 1.29 is 4.39 Å². The first kappa shape index (κ1) is 15.5. The molecule has 1 N–H and O–H groups in total. The second-order valence-corrected chi connectivity index (χ2v) is 8.05. The average molecular weight is 277 g/mol. The third-order valence-corrected chi connectivity index (χ3v) is 4.39. The molecule has 1 aromatic carbocycles. The van der Waals surface area contributed by atoms with E-state index in [0.717, 1.165) is 5.56 Å². The summed E-state index contributed by atoms with van der Waals surface area (Å²) in [6.07, 6.45) is 3.65. The Balaban J connectivity index is 2.05. The van der Waals surface area contributed by atoms with E-state index in [-0.39, 0.29) is 11.9 Å². The zero-order chi connectivity index (χ0) is 15.0. The van der Waals surface area contributed by atoms with Crippen molar-refractivity contribution in [2.75, 3.05) is 0 Å². The van der Waals surface area contributed by atoms with E-state index in [1.807, 2.05) is 6.07 Å². The molecule has 2 rings (SSSR count). The maximum absolute atomic E-state index is 13.3. The van der Waals surface area contributed by atoms with E-state index in [1.54, 1.807) is 12.1 Å². The molecule has 0 aromatic heterocycles. The fraction of sp³-hybridized carbons (Fsp3) is 0.667. The highest BCUT2D eigenvalue weighted by Crippen LogP contribution is 2.46. The van der Waals surface area contributed by atoms with Crippen LogP contribution in [0.25, 0.3) is 0 Å². The molecule has 1 aromatic rings. The monoisotopic (exact) mass is 277 g/mol. The SMILES string of the molecule is C[C@@H](NC1CC(C)(C)CC(C)(C)C1)c1cccc(F)c1. The van der Waals surface area contributed by atoms with Crippen molar-refractivity contribution in [3.63, 3.8) is 0 Å². The number of benzene rings is 1. The second kappa shape index (κ2) is 5.48. The standard InChI is InChI=1S/C18H28FN/c1-13(14-7-6-8-15(19)9-14)20-16-10-17(2,3)12-18(4,5)11-16/h6-9,13,16,20H,10-12H2,1-5H3/t13-/m1/s1. The van der Waals surface area contributed by atoms with Gasteiger partial charge in [0.1, 0.15) is 5.82 Å². The Bertz CT molecular complexity index is 448. The number of hydrogen-bond acceptors (Lipinski definition) is 1. The highest BCUT2D eigenvalue weighted by atomic mass is 19.1. The minimum atomic E-state index is -0.152. The molecule has 0 heterocycles. The summed E-state index contributed by atoms with van der Waals surface area (Å²) in [5, 5.41) is 3.71. The first-order valence-electron chi connectivity index (χ1n) is 7.68. The summed E-state index contributed by atoms with van der Waals surface area (Å²) in [7, 11) is 0. The molecule has 1 aliphatic carbocycles. The summed E-state index contributed by atoms with van der Waals surface area (Å²) < 4.78 is 13.3. The maximum atomic E-state index is 13.3. The summed E-state index contributed by atoms with van der Waals surface area (Å²) in [6, 6.07) is 7.63. The van der Waals surface area contributed by atoms with Crippen molar-refractivity contribution in [3.8, 4) is 0 Å². The molecular weight excluding hydrogens is 249 g/mol. The topological polar surface area (TPSA) is 12.0 Å². The van der Waals surface area contributed by atoms with Gasteiger partial charge in [0.25, 0.3) is 0 Å². The van der Waals surface area contributed by atoms with Crippen LogP contribution < -0.4 is 5.32 Å². The Kier molecular flexibility index (Phi) is 4.24. The van der Waals surface area contributed by atoms with Crippen molar-refractivity contribution in [1.82, 2.24) is 5.32 Å². The third kappa shape index (κ3) is 4.05. The average Bonchev–Trinajstić information content (AvgIpc) is 2.24. The van der Waals surface area contributed by atoms with Gasteiger partial charge in [-0.3, -0.25) is 0 Å². The minimum absolute atomic E-state index is 0.152. The zero-order valence-electron chi connectivity index (χ0n) is 13.5. The van der Waals surface area contributed by atoms with Gasteiger partial charge in [0.15, 0.2) is 0 Å². The van der Waals surface area contributed by atoms with Gasteiger partial charge in [-0.2, -0.15) is 0 Å². The Morgan fingerprint density at radius 1 is 1.15 bits per heavy atom. The lowest BCUT2D eigenvalue weighted by molar-refractivity contribution is 0.0811. The number of nitrogens with one attached hydrogen (secondary N) is 1. The maximum Gasteiger partial charge on any atom is 0.123 e. The highest BCUT2D eigenvalue weighted by Gasteiger charge is 2.38. The largest absolute Gasteiger partial charge is 0.307 e. The predicted molar refractivity (Wildman–Crippen MR) is 83.2 cm³/mol. The van der Waals surface area contributed by atoms with Crippen LogP contribution in [0.5, 0.6) is 0 Å². The van der Waals surface area contributed by atoms with Crippen molar-refractivity contribution in [2.24, 2.45) is 10.8 Å². The molecule has 1 atom stereocenters. The summed E-state index contributed by atoms with van der Waals surface area (Å²) >= 11 is 0. The van der Waals surface area contributed by atoms with E-state index in [2.05, 4.69) is 39.9 Å². The molecule has 0 aliphatic heterocycles. The Hall–Kier alpha value is -0.890. The van der Waals surface area contributed by atoms with Crippen molar-refractivity contribution in [2.45, 2.75) is 66.0 Å². The highest BCUT2D eigenvalue weighted by molar-refractivity contribution is 5.19. The van der Waals surface area contributed by atoms with Gasteiger partial charge >= 0.3 is 0 Å². The van der Waals surface area contributed by atoms with Crippen LogP contribution in [-0.2, 0) is 0 Å². The summed E-state index contributed by atoms with van der Waals surface area (Å²) in [5.74, 6) is -0.152. The molecule has 0 amide bonds. The van der Waals surface area contributed by atoms with Crippen LogP contribution in [0.15, 0.2) is 24.3 Å². The van der Waals surface area contributed by atoms with Crippen LogP contribution in [0.1, 0.15) is 65.5 Å². The van der Waals surface area contributed by atoms with Crippen LogP contribution in [-0.4, -0.2) is 6.04 Å². The summed E-state index contributed by atoms with van der Waals surface area (Å²) in [4.78, 5) is 0. The fourth-order valence-electron chi connectivity index (χ4n) is 4.19. The van der Waals surface area contributed by atoms with Crippen LogP contribution >= 0.6 is 0 Å². The smallest absolute Gasteiger partial charge is 0.123 e. The second-order valence-electron chi connectivity index (χ2n) is 8.05. The van der Waals surface area contributed by atoms with E-state index in [0.29, 0.717) is 16.9 Å². The lowest BCUT2D eigenvalue weighted by Crippen LogP contribution is -2.44. The predicted octanol–water partition coefficient (Wildman–Crippen LogP) is 5.08. The van der Waals surface area contributed by atoms with Gasteiger partial charge in [0.2, 0.25) is 0 Å². The molecule has 0 bridgehead atoms. The molecule has 0 spiro atoms. The first-order chi connectivity index (χ1) is 9.17. The summed E-state index contributed by atoms with van der Waals surface area (Å²) in [6.45, 7) is 11.6. The van der Waals surface area contributed by atoms with Gasteiger partial charge in [-0.05, 0) is 54.7 Å². The molecule has 1 saturated carbocycles. The number of halogens is 1. The number of rotatable bonds is 3. The molecule has 2 heteroatoms. The van der Waals surface area contributed by atoms with Gasteiger partial charge in [-0.25, -0.2) is 4.39 Å². The van der Waals surface area contributed by atoms with E-state index >= 15 is 0 Å². The minimum Gasteiger partial charge on any atom is -0.307 e. The normalized spacial score (nSPS) is 23.5. The van der Waals surface area contributed by atoms with E-state index < -0.39 is 0 Å². The molecule has 0 unspecified atom stereocenters. The van der Waals surface area contributed by atoms with Gasteiger partial charge in [-0.15, -0.1) is 0 Å². The van der Waals surface area contributed by atoms with Gasteiger partial charge in [0, 0.05) is 12.1 Å². The van der Waals surface area contributed by atoms with E-state index in [4.69, 9.17) is 0 Å². The summed E-state index contributed by atoms with van der Waals surface area (Å²) in [5.41, 5.74) is 1.79. The fourth-order valence-corrected chi connectivity index (χ4v) is 4.19. The van der Waals surface area contributed by atoms with Crippen LogP contribution in [0.2, 0.25) is 0 Å². The molecule has 20 heavy (non-hydrogen) atoms. The van der Waals surface area contributed by atoms with Gasteiger partial charge in [-0.1, -0.05) is 39.8 Å². The van der Waals surface area contributed by atoms with Crippen molar-refractivity contribution in [3.05, 3.63) is 35.6 Å². The van der Waals surface area contributed by atoms with Crippen molar-refractivity contribution >= 4 is 0 Å². The molecule has 0 radical (unpaired) electrons. The number of hydrogen-bond donors (Lipinski definition) is 1. The van der Waals surface area contributed by atoms with Crippen molar-refractivity contribution in [1.29, 1.82) is 0 Å². The van der Waals surface area contributed by atoms with Crippen LogP contribution in [0, 0.1) is 16.6 Å². The van der Waals surface area contributed by atoms with E-state index in [9.17, 15) is 4.39 Å². The lowest BCUT2D eigenvalue weighted by Gasteiger charge is -2.46. The zero-order valence-corrected chi connectivity index (χ0v) is 13.5. The lowest BCUT2D eigenvalue weighted by atomic mass is 9.63. The molecule has 0 saturated heterocycles. The molecule has 1 fully saturated rings. The quantitative estimate of drug-likeness (QED) is 0.812. The van der Waals surface area contributed by atoms with Gasteiger partial charge in [0.05, 0.1) is 0 Å². The molecule has 1 aliphatic rings. The van der Waals surface area contributed by atoms with Crippen LogP contribution in [0.3, 0.4) is 0 Å². The van der Waals surface area contributed by atoms with E-state index in [1.165, 1.54) is 25.3 Å². The van der Waals surface area contributed by atoms with Crippen LogP contribution in [0.4, 0.5) is 4.39 Å². The van der Waals surface area contributed by atoms with Gasteiger partial charge < -0.3 is 5.32 Å².